The van der Waals surface area contributed by atoms with E-state index in [-0.39, 0.29) is 0 Å². The molecule has 14 heavy (non-hydrogen) atoms. The van der Waals surface area contributed by atoms with Crippen LogP contribution in [0.4, 0.5) is 0 Å². The Bertz CT molecular complexity index is 266. The zero-order valence-electron chi connectivity index (χ0n) is 8.11. The maximum Gasteiger partial charge on any atom is 0.0953 e. The van der Waals surface area contributed by atoms with Gasteiger partial charge >= 0.3 is 0 Å². The van der Waals surface area contributed by atoms with E-state index in [4.69, 9.17) is 4.74 Å². The summed E-state index contributed by atoms with van der Waals surface area (Å²) in [5, 5.41) is 13.3. The van der Waals surface area contributed by atoms with E-state index < -0.39 is 5.60 Å². The van der Waals surface area contributed by atoms with Gasteiger partial charge in [-0.2, -0.15) is 0 Å². The van der Waals surface area contributed by atoms with Gasteiger partial charge in [-0.1, -0.05) is 0 Å². The lowest BCUT2D eigenvalue weighted by molar-refractivity contribution is 0.0188. The third-order valence-corrected chi connectivity index (χ3v) is 3.39. The van der Waals surface area contributed by atoms with E-state index in [0.29, 0.717) is 13.0 Å². The highest BCUT2D eigenvalue weighted by Gasteiger charge is 2.29. The highest BCUT2D eigenvalue weighted by atomic mass is 32.1. The van der Waals surface area contributed by atoms with Gasteiger partial charge in [0.2, 0.25) is 0 Å². The van der Waals surface area contributed by atoms with Crippen molar-refractivity contribution in [3.8, 4) is 0 Å². The van der Waals surface area contributed by atoms with Crippen LogP contribution in [-0.2, 0) is 11.2 Å². The summed E-state index contributed by atoms with van der Waals surface area (Å²) in [6, 6.07) is 0. The molecule has 1 fully saturated rings. The molecule has 2 rings (SSSR count). The first kappa shape index (κ1) is 10.1. The van der Waals surface area contributed by atoms with Crippen LogP contribution in [-0.4, -0.2) is 28.9 Å². The summed E-state index contributed by atoms with van der Waals surface area (Å²) in [6.45, 7) is 1.45. The Morgan fingerprint density at radius 1 is 1.50 bits per heavy atom. The standard InChI is InChI=1S/C10H15NO2S/c12-10(2-1-5-13-6-3-10)8-9-11-4-7-14-9/h4,7,12H,1-3,5-6,8H2. The van der Waals surface area contributed by atoms with E-state index in [1.165, 1.54) is 0 Å². The number of aliphatic hydroxyl groups is 1. The number of thiazole rings is 1. The summed E-state index contributed by atoms with van der Waals surface area (Å²) >= 11 is 1.61. The van der Waals surface area contributed by atoms with Gasteiger partial charge in [-0.3, -0.25) is 0 Å². The molecule has 0 bridgehead atoms. The second kappa shape index (κ2) is 4.38. The van der Waals surface area contributed by atoms with Crippen molar-refractivity contribution in [2.75, 3.05) is 13.2 Å². The van der Waals surface area contributed by atoms with Gasteiger partial charge in [-0.05, 0) is 19.3 Å². The second-order valence-corrected chi connectivity index (χ2v) is 4.77. The van der Waals surface area contributed by atoms with E-state index in [1.807, 2.05) is 5.38 Å². The minimum Gasteiger partial charge on any atom is -0.389 e. The van der Waals surface area contributed by atoms with Crippen LogP contribution in [0.25, 0.3) is 0 Å². The topological polar surface area (TPSA) is 42.4 Å². The number of hydrogen-bond acceptors (Lipinski definition) is 4. The number of aromatic nitrogens is 1. The smallest absolute Gasteiger partial charge is 0.0953 e. The molecule has 1 unspecified atom stereocenters. The summed E-state index contributed by atoms with van der Waals surface area (Å²) < 4.78 is 5.33. The van der Waals surface area contributed by atoms with Crippen LogP contribution in [0.1, 0.15) is 24.3 Å². The van der Waals surface area contributed by atoms with Crippen LogP contribution in [0.3, 0.4) is 0 Å². The number of nitrogens with zero attached hydrogens (tertiary/aromatic N) is 1. The van der Waals surface area contributed by atoms with E-state index in [2.05, 4.69) is 4.98 Å². The normalized spacial score (nSPS) is 28.6. The Morgan fingerprint density at radius 3 is 3.21 bits per heavy atom. The molecule has 0 spiro atoms. The van der Waals surface area contributed by atoms with Crippen molar-refractivity contribution >= 4 is 11.3 Å². The average molecular weight is 213 g/mol. The fraction of sp³-hybridized carbons (Fsp3) is 0.700. The Labute approximate surface area is 87.7 Å². The summed E-state index contributed by atoms with van der Waals surface area (Å²) in [4.78, 5) is 4.20. The fourth-order valence-electron chi connectivity index (χ4n) is 1.79. The molecule has 4 heteroatoms. The summed E-state index contributed by atoms with van der Waals surface area (Å²) in [5.74, 6) is 0. The summed E-state index contributed by atoms with van der Waals surface area (Å²) in [5.41, 5.74) is -0.589. The third kappa shape index (κ3) is 2.53. The largest absolute Gasteiger partial charge is 0.389 e. The molecular formula is C10H15NO2S. The highest BCUT2D eigenvalue weighted by Crippen LogP contribution is 2.26. The Hall–Kier alpha value is -0.450. The molecule has 1 saturated heterocycles. The van der Waals surface area contributed by atoms with Crippen LogP contribution in [0, 0.1) is 0 Å². The number of hydrogen-bond donors (Lipinski definition) is 1. The lowest BCUT2D eigenvalue weighted by Crippen LogP contribution is -2.31. The van der Waals surface area contributed by atoms with E-state index in [1.54, 1.807) is 17.5 Å². The van der Waals surface area contributed by atoms with E-state index in [9.17, 15) is 5.11 Å². The van der Waals surface area contributed by atoms with Gasteiger partial charge in [-0.25, -0.2) is 4.98 Å². The van der Waals surface area contributed by atoms with E-state index in [0.717, 1.165) is 30.9 Å². The predicted octanol–water partition coefficient (Wildman–Crippen LogP) is 1.62. The molecule has 1 aromatic rings. The molecule has 1 aromatic heterocycles. The molecule has 1 N–H and O–H groups in total. The van der Waals surface area contributed by atoms with Gasteiger partial charge in [0.05, 0.1) is 10.6 Å². The molecule has 0 aromatic carbocycles. The lowest BCUT2D eigenvalue weighted by Gasteiger charge is -2.24. The first-order valence-electron chi connectivity index (χ1n) is 4.97. The minimum atomic E-state index is -0.589. The van der Waals surface area contributed by atoms with Crippen LogP contribution in [0.2, 0.25) is 0 Å². The van der Waals surface area contributed by atoms with Gasteiger partial charge in [0, 0.05) is 31.2 Å². The van der Waals surface area contributed by atoms with Gasteiger partial charge in [-0.15, -0.1) is 11.3 Å². The Balaban J connectivity index is 1.99. The maximum atomic E-state index is 10.3. The quantitative estimate of drug-likeness (QED) is 0.811. The predicted molar refractivity (Wildman–Crippen MR) is 55.4 cm³/mol. The van der Waals surface area contributed by atoms with Crippen molar-refractivity contribution in [1.29, 1.82) is 0 Å². The molecule has 0 amide bonds. The Kier molecular flexibility index (Phi) is 3.15. The highest BCUT2D eigenvalue weighted by molar-refractivity contribution is 7.09. The van der Waals surface area contributed by atoms with Gasteiger partial charge < -0.3 is 9.84 Å². The molecule has 1 aliphatic rings. The maximum absolute atomic E-state index is 10.3. The monoisotopic (exact) mass is 213 g/mol. The van der Waals surface area contributed by atoms with Crippen molar-refractivity contribution in [1.82, 2.24) is 4.98 Å². The summed E-state index contributed by atoms with van der Waals surface area (Å²) in [7, 11) is 0. The minimum absolute atomic E-state index is 0.589. The van der Waals surface area contributed by atoms with Crippen molar-refractivity contribution in [2.24, 2.45) is 0 Å². The molecule has 1 atom stereocenters. The molecule has 78 valence electrons. The number of ether oxygens (including phenoxy) is 1. The Morgan fingerprint density at radius 2 is 2.43 bits per heavy atom. The van der Waals surface area contributed by atoms with Crippen molar-refractivity contribution < 1.29 is 9.84 Å². The van der Waals surface area contributed by atoms with Gasteiger partial charge in [0.15, 0.2) is 0 Å². The van der Waals surface area contributed by atoms with Crippen LogP contribution in [0.15, 0.2) is 11.6 Å². The van der Waals surface area contributed by atoms with Crippen molar-refractivity contribution in [3.63, 3.8) is 0 Å². The molecular weight excluding hydrogens is 198 g/mol. The zero-order valence-corrected chi connectivity index (χ0v) is 8.92. The molecule has 2 heterocycles. The molecule has 1 aliphatic heterocycles. The van der Waals surface area contributed by atoms with Gasteiger partial charge in [0.25, 0.3) is 0 Å². The van der Waals surface area contributed by atoms with Crippen molar-refractivity contribution in [2.45, 2.75) is 31.3 Å². The molecule has 0 radical (unpaired) electrons. The first-order valence-corrected chi connectivity index (χ1v) is 5.85. The van der Waals surface area contributed by atoms with Crippen LogP contribution >= 0.6 is 11.3 Å². The second-order valence-electron chi connectivity index (χ2n) is 3.79. The third-order valence-electron chi connectivity index (χ3n) is 2.61. The molecule has 3 nitrogen and oxygen atoms in total. The molecule has 0 aliphatic carbocycles. The lowest BCUT2D eigenvalue weighted by atomic mass is 9.92. The van der Waals surface area contributed by atoms with Crippen molar-refractivity contribution in [3.05, 3.63) is 16.6 Å². The van der Waals surface area contributed by atoms with E-state index >= 15 is 0 Å². The fourth-order valence-corrected chi connectivity index (χ4v) is 2.54. The van der Waals surface area contributed by atoms with Crippen LogP contribution < -0.4 is 0 Å². The SMILES string of the molecule is OC1(Cc2nccs2)CCCOCC1. The summed E-state index contributed by atoms with van der Waals surface area (Å²) in [6.07, 6.45) is 4.96. The first-order chi connectivity index (χ1) is 6.79. The van der Waals surface area contributed by atoms with Gasteiger partial charge in [0.1, 0.15) is 0 Å². The number of rotatable bonds is 2. The zero-order chi connectivity index (χ0) is 9.86. The van der Waals surface area contributed by atoms with Crippen LogP contribution in [0.5, 0.6) is 0 Å². The molecule has 0 saturated carbocycles. The average Bonchev–Trinajstić information content (AvgIpc) is 2.55.